The maximum Gasteiger partial charge on any atom is 0.258 e. The average molecular weight is 451 g/mol. The molecule has 5 nitrogen and oxygen atoms in total. The van der Waals surface area contributed by atoms with Gasteiger partial charge in [0.2, 0.25) is 0 Å². The number of likely N-dealkylation sites (N-methyl/N-ethyl adjacent to an activating group) is 1. The van der Waals surface area contributed by atoms with E-state index in [2.05, 4.69) is 27.4 Å². The number of nitrogens with one attached hydrogen (secondary N) is 2. The molecule has 0 spiro atoms. The normalized spacial score (nSPS) is 14.6. The van der Waals surface area contributed by atoms with Gasteiger partial charge in [0.25, 0.3) is 5.91 Å². The number of hydrogen-bond acceptors (Lipinski definition) is 4. The molecular weight excluding hydrogens is 427 g/mol. The molecule has 0 unspecified atom stereocenters. The van der Waals surface area contributed by atoms with Gasteiger partial charge in [0.1, 0.15) is 0 Å². The summed E-state index contributed by atoms with van der Waals surface area (Å²) in [5.41, 5.74) is 3.03. The van der Waals surface area contributed by atoms with Crippen molar-refractivity contribution in [2.45, 2.75) is 13.8 Å². The third-order valence-electron chi connectivity index (χ3n) is 4.97. The average Bonchev–Trinajstić information content (AvgIpc) is 2.68. The van der Waals surface area contributed by atoms with Crippen LogP contribution in [0.25, 0.3) is 0 Å². The van der Waals surface area contributed by atoms with E-state index in [1.54, 1.807) is 12.1 Å². The van der Waals surface area contributed by atoms with E-state index in [9.17, 15) is 4.79 Å². The third-order valence-corrected chi connectivity index (χ3v) is 5.79. The maximum atomic E-state index is 12.5. The SMILES string of the molecule is CCN1CCN(c2c(Cl)cccc2NC(=S)NC(=O)c2ccc(C)cc2Cl)CC1. The first-order valence-electron chi connectivity index (χ1n) is 9.53. The maximum absolute atomic E-state index is 12.5. The Balaban J connectivity index is 1.72. The zero-order chi connectivity index (χ0) is 21.0. The number of halogens is 2. The summed E-state index contributed by atoms with van der Waals surface area (Å²) in [6.07, 6.45) is 0. The predicted octanol–water partition coefficient (Wildman–Crippen LogP) is 4.57. The smallest absolute Gasteiger partial charge is 0.258 e. The lowest BCUT2D eigenvalue weighted by molar-refractivity contribution is 0.0978. The third kappa shape index (κ3) is 5.39. The molecule has 1 saturated heterocycles. The highest BCUT2D eigenvalue weighted by molar-refractivity contribution is 7.80. The van der Waals surface area contributed by atoms with Crippen LogP contribution in [0.2, 0.25) is 10.0 Å². The predicted molar refractivity (Wildman–Crippen MR) is 126 cm³/mol. The lowest BCUT2D eigenvalue weighted by Crippen LogP contribution is -2.46. The highest BCUT2D eigenvalue weighted by Gasteiger charge is 2.21. The van der Waals surface area contributed by atoms with Gasteiger partial charge in [-0.15, -0.1) is 0 Å². The minimum absolute atomic E-state index is 0.197. The van der Waals surface area contributed by atoms with Gasteiger partial charge < -0.3 is 15.1 Å². The standard InChI is InChI=1S/C21H24Cl2N4OS/c1-3-26-9-11-27(12-10-26)19-16(22)5-4-6-18(19)24-21(29)25-20(28)15-8-7-14(2)13-17(15)23/h4-8,13H,3,9-12H2,1-2H3,(H2,24,25,28,29). The summed E-state index contributed by atoms with van der Waals surface area (Å²) in [5.74, 6) is -0.354. The number of para-hydroxylation sites is 1. The molecule has 0 radical (unpaired) electrons. The van der Waals surface area contributed by atoms with Crippen LogP contribution < -0.4 is 15.5 Å². The monoisotopic (exact) mass is 450 g/mol. The fourth-order valence-corrected chi connectivity index (χ4v) is 4.17. The van der Waals surface area contributed by atoms with Crippen molar-refractivity contribution >= 4 is 57.8 Å². The molecule has 1 fully saturated rings. The van der Waals surface area contributed by atoms with Crippen LogP contribution in [0.3, 0.4) is 0 Å². The largest absolute Gasteiger partial charge is 0.366 e. The van der Waals surface area contributed by atoms with Crippen molar-refractivity contribution in [1.29, 1.82) is 0 Å². The summed E-state index contributed by atoms with van der Waals surface area (Å²) in [7, 11) is 0. The van der Waals surface area contributed by atoms with E-state index in [1.165, 1.54) is 0 Å². The van der Waals surface area contributed by atoms with E-state index < -0.39 is 0 Å². The van der Waals surface area contributed by atoms with Crippen LogP contribution in [0.15, 0.2) is 36.4 Å². The van der Waals surface area contributed by atoms with Gasteiger partial charge in [0.15, 0.2) is 5.11 Å². The fraction of sp³-hybridized carbons (Fsp3) is 0.333. The Labute approximate surface area is 187 Å². The highest BCUT2D eigenvalue weighted by Crippen LogP contribution is 2.34. The summed E-state index contributed by atoms with van der Waals surface area (Å²) in [6, 6.07) is 10.9. The number of piperazine rings is 1. The Bertz CT molecular complexity index is 914. The molecular formula is C21H24Cl2N4OS. The van der Waals surface area contributed by atoms with Crippen LogP contribution in [-0.4, -0.2) is 48.6 Å². The van der Waals surface area contributed by atoms with Crippen molar-refractivity contribution in [3.63, 3.8) is 0 Å². The Kier molecular flexibility index (Phi) is 7.35. The van der Waals surface area contributed by atoms with Crippen molar-refractivity contribution in [2.24, 2.45) is 0 Å². The molecule has 0 aliphatic carbocycles. The van der Waals surface area contributed by atoms with E-state index in [-0.39, 0.29) is 11.0 Å². The molecule has 1 aliphatic rings. The van der Waals surface area contributed by atoms with Crippen LogP contribution in [0.1, 0.15) is 22.8 Å². The van der Waals surface area contributed by atoms with E-state index in [1.807, 2.05) is 31.2 Å². The number of anilines is 2. The molecule has 2 N–H and O–H groups in total. The molecule has 2 aromatic rings. The number of benzene rings is 2. The van der Waals surface area contributed by atoms with Crippen LogP contribution >= 0.6 is 35.4 Å². The van der Waals surface area contributed by atoms with Gasteiger partial charge in [-0.05, 0) is 55.5 Å². The number of carbonyl (C=O) groups excluding carboxylic acids is 1. The number of rotatable bonds is 4. The van der Waals surface area contributed by atoms with Crippen molar-refractivity contribution in [3.8, 4) is 0 Å². The molecule has 0 saturated carbocycles. The van der Waals surface area contributed by atoms with Crippen molar-refractivity contribution < 1.29 is 4.79 Å². The minimum atomic E-state index is -0.354. The van der Waals surface area contributed by atoms with Gasteiger partial charge in [-0.1, -0.05) is 42.3 Å². The Morgan fingerprint density at radius 2 is 1.83 bits per heavy atom. The van der Waals surface area contributed by atoms with E-state index in [0.717, 1.165) is 49.7 Å². The summed E-state index contributed by atoms with van der Waals surface area (Å²) in [5, 5.41) is 7.06. The second kappa shape index (κ2) is 9.76. The lowest BCUT2D eigenvalue weighted by Gasteiger charge is -2.37. The second-order valence-corrected chi connectivity index (χ2v) is 8.17. The number of thiocarbonyl (C=S) groups is 1. The molecule has 1 heterocycles. The fourth-order valence-electron chi connectivity index (χ4n) is 3.35. The number of nitrogens with zero attached hydrogens (tertiary/aromatic N) is 2. The summed E-state index contributed by atoms with van der Waals surface area (Å²) >= 11 is 18.1. The molecule has 29 heavy (non-hydrogen) atoms. The van der Waals surface area contributed by atoms with Gasteiger partial charge in [0, 0.05) is 26.2 Å². The molecule has 0 aromatic heterocycles. The topological polar surface area (TPSA) is 47.6 Å². The molecule has 1 amide bonds. The Morgan fingerprint density at radius 3 is 2.48 bits per heavy atom. The van der Waals surface area contributed by atoms with Gasteiger partial charge >= 0.3 is 0 Å². The number of amides is 1. The van der Waals surface area contributed by atoms with Gasteiger partial charge in [-0.25, -0.2) is 0 Å². The molecule has 8 heteroatoms. The van der Waals surface area contributed by atoms with Gasteiger partial charge in [-0.3, -0.25) is 10.1 Å². The number of aryl methyl sites for hydroxylation is 1. The summed E-state index contributed by atoms with van der Waals surface area (Å²) in [4.78, 5) is 17.2. The molecule has 1 aliphatic heterocycles. The van der Waals surface area contributed by atoms with Gasteiger partial charge in [0.05, 0.1) is 27.0 Å². The van der Waals surface area contributed by atoms with E-state index >= 15 is 0 Å². The summed E-state index contributed by atoms with van der Waals surface area (Å²) in [6.45, 7) is 8.84. The van der Waals surface area contributed by atoms with Crippen molar-refractivity contribution in [2.75, 3.05) is 42.9 Å². The van der Waals surface area contributed by atoms with Crippen LogP contribution in [0.5, 0.6) is 0 Å². The van der Waals surface area contributed by atoms with Crippen LogP contribution in [0, 0.1) is 6.92 Å². The lowest BCUT2D eigenvalue weighted by atomic mass is 10.1. The Morgan fingerprint density at radius 1 is 1.10 bits per heavy atom. The number of hydrogen-bond donors (Lipinski definition) is 2. The molecule has 154 valence electrons. The highest BCUT2D eigenvalue weighted by atomic mass is 35.5. The molecule has 3 rings (SSSR count). The molecule has 0 bridgehead atoms. The van der Waals surface area contributed by atoms with E-state index in [0.29, 0.717) is 15.6 Å². The quantitative estimate of drug-likeness (QED) is 0.667. The van der Waals surface area contributed by atoms with Gasteiger partial charge in [-0.2, -0.15) is 0 Å². The first-order valence-corrected chi connectivity index (χ1v) is 10.7. The zero-order valence-electron chi connectivity index (χ0n) is 16.5. The van der Waals surface area contributed by atoms with Crippen molar-refractivity contribution in [3.05, 3.63) is 57.6 Å². The molecule has 2 aromatic carbocycles. The summed E-state index contributed by atoms with van der Waals surface area (Å²) < 4.78 is 0. The number of carbonyl (C=O) groups is 1. The van der Waals surface area contributed by atoms with Crippen molar-refractivity contribution in [1.82, 2.24) is 10.2 Å². The minimum Gasteiger partial charge on any atom is -0.366 e. The zero-order valence-corrected chi connectivity index (χ0v) is 18.8. The first-order chi connectivity index (χ1) is 13.9. The second-order valence-electron chi connectivity index (χ2n) is 6.95. The van der Waals surface area contributed by atoms with Crippen LogP contribution in [-0.2, 0) is 0 Å². The first kappa shape index (κ1) is 21.8. The van der Waals surface area contributed by atoms with Crippen LogP contribution in [0.4, 0.5) is 11.4 Å². The van der Waals surface area contributed by atoms with E-state index in [4.69, 9.17) is 35.4 Å². The molecule has 0 atom stereocenters. The Hall–Kier alpha value is -1.86.